The minimum atomic E-state index is -0.786. The molecule has 0 heterocycles. The summed E-state index contributed by atoms with van der Waals surface area (Å²) in [5, 5.41) is 11.7. The van der Waals surface area contributed by atoms with Gasteiger partial charge in [-0.2, -0.15) is 0 Å². The second kappa shape index (κ2) is 8.96. The summed E-state index contributed by atoms with van der Waals surface area (Å²) < 4.78 is 5.80. The lowest BCUT2D eigenvalue weighted by molar-refractivity contribution is -0.136. The maximum Gasteiger partial charge on any atom is 0.304 e. The Labute approximate surface area is 137 Å². The number of carboxylic acids is 1. The van der Waals surface area contributed by atoms with E-state index in [9.17, 15) is 4.79 Å². The largest absolute Gasteiger partial charge is 0.493 e. The molecule has 0 saturated heterocycles. The van der Waals surface area contributed by atoms with Crippen molar-refractivity contribution in [2.45, 2.75) is 26.3 Å². The standard InChI is InChI=1S/C19H23NO3/c1-15-5-7-16(8-6-15)10-12-23-18-4-2-3-17(13-18)14-20-11-9-19(21)22/h2-8,13,20H,9-12,14H2,1H3,(H,21,22). The maximum atomic E-state index is 10.5. The van der Waals surface area contributed by atoms with Crippen LogP contribution in [0.4, 0.5) is 0 Å². The molecule has 2 N–H and O–H groups in total. The molecule has 122 valence electrons. The molecule has 4 nitrogen and oxygen atoms in total. The molecule has 0 aromatic heterocycles. The van der Waals surface area contributed by atoms with Gasteiger partial charge >= 0.3 is 5.97 Å². The van der Waals surface area contributed by atoms with Gasteiger partial charge in [-0.3, -0.25) is 4.79 Å². The van der Waals surface area contributed by atoms with E-state index in [1.807, 2.05) is 24.3 Å². The summed E-state index contributed by atoms with van der Waals surface area (Å²) in [4.78, 5) is 10.5. The van der Waals surface area contributed by atoms with Crippen molar-refractivity contribution in [1.29, 1.82) is 0 Å². The second-order valence-corrected chi connectivity index (χ2v) is 5.55. The number of benzene rings is 2. The molecule has 0 saturated carbocycles. The molecule has 0 aliphatic heterocycles. The fourth-order valence-electron chi connectivity index (χ4n) is 2.21. The molecule has 0 spiro atoms. The van der Waals surface area contributed by atoms with E-state index in [-0.39, 0.29) is 6.42 Å². The summed E-state index contributed by atoms with van der Waals surface area (Å²) in [5.74, 6) is 0.0559. The van der Waals surface area contributed by atoms with Crippen LogP contribution in [0.3, 0.4) is 0 Å². The molecule has 0 atom stereocenters. The van der Waals surface area contributed by atoms with Gasteiger partial charge in [-0.15, -0.1) is 0 Å². The van der Waals surface area contributed by atoms with Crippen molar-refractivity contribution in [2.24, 2.45) is 0 Å². The molecule has 0 fully saturated rings. The molecule has 23 heavy (non-hydrogen) atoms. The Morgan fingerprint density at radius 1 is 1.13 bits per heavy atom. The predicted molar refractivity (Wildman–Crippen MR) is 90.8 cm³/mol. The van der Waals surface area contributed by atoms with Crippen LogP contribution in [0.25, 0.3) is 0 Å². The molecule has 2 aromatic carbocycles. The van der Waals surface area contributed by atoms with Crippen LogP contribution >= 0.6 is 0 Å². The highest BCUT2D eigenvalue weighted by Gasteiger charge is 2.00. The fourth-order valence-corrected chi connectivity index (χ4v) is 2.21. The average Bonchev–Trinajstić information content (AvgIpc) is 2.54. The first kappa shape index (κ1) is 17.0. The number of aryl methyl sites for hydroxylation is 1. The number of carboxylic acid groups (broad SMARTS) is 1. The summed E-state index contributed by atoms with van der Waals surface area (Å²) in [6, 6.07) is 16.4. The molecule has 0 bridgehead atoms. The highest BCUT2D eigenvalue weighted by molar-refractivity contribution is 5.66. The van der Waals surface area contributed by atoms with Gasteiger partial charge in [0, 0.05) is 19.5 Å². The van der Waals surface area contributed by atoms with Crippen molar-refractivity contribution in [3.63, 3.8) is 0 Å². The van der Waals surface area contributed by atoms with E-state index in [1.165, 1.54) is 11.1 Å². The number of carbonyl (C=O) groups is 1. The summed E-state index contributed by atoms with van der Waals surface area (Å²) in [6.07, 6.45) is 1.01. The lowest BCUT2D eigenvalue weighted by Crippen LogP contribution is -2.17. The number of ether oxygens (including phenoxy) is 1. The van der Waals surface area contributed by atoms with E-state index in [2.05, 4.69) is 36.5 Å². The summed E-state index contributed by atoms with van der Waals surface area (Å²) in [7, 11) is 0. The Bertz CT molecular complexity index is 623. The van der Waals surface area contributed by atoms with Gasteiger partial charge in [0.1, 0.15) is 5.75 Å². The number of aliphatic carboxylic acids is 1. The molecule has 2 rings (SSSR count). The Hall–Kier alpha value is -2.33. The third kappa shape index (κ3) is 6.53. The minimum Gasteiger partial charge on any atom is -0.493 e. The first-order valence-corrected chi connectivity index (χ1v) is 7.83. The van der Waals surface area contributed by atoms with Crippen LogP contribution in [0, 0.1) is 6.92 Å². The van der Waals surface area contributed by atoms with Crippen molar-refractivity contribution in [3.8, 4) is 5.75 Å². The fraction of sp³-hybridized carbons (Fsp3) is 0.316. The van der Waals surface area contributed by atoms with Crippen molar-refractivity contribution in [2.75, 3.05) is 13.2 Å². The van der Waals surface area contributed by atoms with E-state index < -0.39 is 5.97 Å². The molecule has 0 radical (unpaired) electrons. The van der Waals surface area contributed by atoms with Crippen molar-refractivity contribution in [3.05, 3.63) is 65.2 Å². The Morgan fingerprint density at radius 2 is 1.91 bits per heavy atom. The highest BCUT2D eigenvalue weighted by Crippen LogP contribution is 2.14. The lowest BCUT2D eigenvalue weighted by Gasteiger charge is -2.09. The molecule has 0 aliphatic rings. The Kier molecular flexibility index (Phi) is 6.63. The molecule has 4 heteroatoms. The van der Waals surface area contributed by atoms with Crippen LogP contribution < -0.4 is 10.1 Å². The van der Waals surface area contributed by atoms with Gasteiger partial charge in [-0.1, -0.05) is 42.0 Å². The molecule has 0 unspecified atom stereocenters. The van der Waals surface area contributed by atoms with Gasteiger partial charge in [0.25, 0.3) is 0 Å². The van der Waals surface area contributed by atoms with Crippen LogP contribution in [0.5, 0.6) is 5.75 Å². The topological polar surface area (TPSA) is 58.6 Å². The monoisotopic (exact) mass is 313 g/mol. The summed E-state index contributed by atoms with van der Waals surface area (Å²) >= 11 is 0. The third-order valence-corrected chi connectivity index (χ3v) is 3.52. The number of rotatable bonds is 9. The van der Waals surface area contributed by atoms with Gasteiger partial charge < -0.3 is 15.2 Å². The van der Waals surface area contributed by atoms with Crippen LogP contribution in [0.15, 0.2) is 48.5 Å². The summed E-state index contributed by atoms with van der Waals surface area (Å²) in [6.45, 7) is 3.82. The maximum absolute atomic E-state index is 10.5. The molecular formula is C19H23NO3. The zero-order valence-corrected chi connectivity index (χ0v) is 13.4. The second-order valence-electron chi connectivity index (χ2n) is 5.55. The number of nitrogens with one attached hydrogen (secondary N) is 1. The van der Waals surface area contributed by atoms with Gasteiger partial charge in [0.05, 0.1) is 13.0 Å². The van der Waals surface area contributed by atoms with E-state index in [4.69, 9.17) is 9.84 Å². The van der Waals surface area contributed by atoms with E-state index in [0.29, 0.717) is 19.7 Å². The predicted octanol–water partition coefficient (Wildman–Crippen LogP) is 3.18. The zero-order chi connectivity index (χ0) is 16.5. The summed E-state index contributed by atoms with van der Waals surface area (Å²) in [5.41, 5.74) is 3.61. The first-order chi connectivity index (χ1) is 11.1. The average molecular weight is 313 g/mol. The van der Waals surface area contributed by atoms with E-state index >= 15 is 0 Å². The van der Waals surface area contributed by atoms with Crippen molar-refractivity contribution >= 4 is 5.97 Å². The Morgan fingerprint density at radius 3 is 2.65 bits per heavy atom. The van der Waals surface area contributed by atoms with Crippen LogP contribution in [0.2, 0.25) is 0 Å². The normalized spacial score (nSPS) is 10.5. The third-order valence-electron chi connectivity index (χ3n) is 3.52. The van der Waals surface area contributed by atoms with Gasteiger partial charge in [-0.05, 0) is 30.2 Å². The SMILES string of the molecule is Cc1ccc(CCOc2cccc(CNCCC(=O)O)c2)cc1. The highest BCUT2D eigenvalue weighted by atomic mass is 16.5. The molecular weight excluding hydrogens is 290 g/mol. The van der Waals surface area contributed by atoms with Crippen molar-refractivity contribution in [1.82, 2.24) is 5.32 Å². The zero-order valence-electron chi connectivity index (χ0n) is 13.4. The van der Waals surface area contributed by atoms with Gasteiger partial charge in [-0.25, -0.2) is 0 Å². The first-order valence-electron chi connectivity index (χ1n) is 7.83. The van der Waals surface area contributed by atoms with E-state index in [1.54, 1.807) is 0 Å². The number of hydrogen-bond donors (Lipinski definition) is 2. The quantitative estimate of drug-likeness (QED) is 0.698. The van der Waals surface area contributed by atoms with Crippen LogP contribution in [-0.2, 0) is 17.8 Å². The van der Waals surface area contributed by atoms with Gasteiger partial charge in [0.2, 0.25) is 0 Å². The van der Waals surface area contributed by atoms with Crippen molar-refractivity contribution < 1.29 is 14.6 Å². The Balaban J connectivity index is 1.75. The minimum absolute atomic E-state index is 0.132. The van der Waals surface area contributed by atoms with Gasteiger partial charge in [0.15, 0.2) is 0 Å². The molecule has 0 aliphatic carbocycles. The van der Waals surface area contributed by atoms with Crippen LogP contribution in [0.1, 0.15) is 23.1 Å². The van der Waals surface area contributed by atoms with Crippen LogP contribution in [-0.4, -0.2) is 24.2 Å². The van der Waals surface area contributed by atoms with E-state index in [0.717, 1.165) is 17.7 Å². The molecule has 2 aromatic rings. The molecule has 0 amide bonds. The number of hydrogen-bond acceptors (Lipinski definition) is 3. The smallest absolute Gasteiger partial charge is 0.304 e. The lowest BCUT2D eigenvalue weighted by atomic mass is 10.1.